The Morgan fingerprint density at radius 3 is 2.54 bits per heavy atom. The van der Waals surface area contributed by atoms with Crippen LogP contribution in [-0.4, -0.2) is 22.8 Å². The first-order chi connectivity index (χ1) is 12.6. The van der Waals surface area contributed by atoms with E-state index in [4.69, 9.17) is 4.74 Å². The Bertz CT molecular complexity index is 887. The maximum Gasteiger partial charge on any atom is 0.270 e. The molecule has 5 nitrogen and oxygen atoms in total. The molecule has 0 aliphatic carbocycles. The van der Waals surface area contributed by atoms with Crippen LogP contribution in [0, 0.1) is 0 Å². The molecular formula is C21H23N3O2. The van der Waals surface area contributed by atoms with Gasteiger partial charge in [-0.05, 0) is 37.6 Å². The second kappa shape index (κ2) is 7.87. The second-order valence-corrected chi connectivity index (χ2v) is 6.04. The fourth-order valence-corrected chi connectivity index (χ4v) is 2.92. The number of methoxy groups -OCH3 is 1. The molecule has 2 aromatic carbocycles. The summed E-state index contributed by atoms with van der Waals surface area (Å²) in [6.07, 6.45) is 0. The lowest BCUT2D eigenvalue weighted by Crippen LogP contribution is -2.28. The van der Waals surface area contributed by atoms with Crippen LogP contribution >= 0.6 is 0 Å². The molecule has 0 saturated carbocycles. The lowest BCUT2D eigenvalue weighted by molar-refractivity contribution is 0.0929. The maximum absolute atomic E-state index is 12.8. The molecule has 3 aromatic rings. The van der Waals surface area contributed by atoms with Crippen LogP contribution in [0.2, 0.25) is 0 Å². The average Bonchev–Trinajstić information content (AvgIpc) is 3.13. The molecular weight excluding hydrogens is 326 g/mol. The normalized spacial score (nSPS) is 11.8. The minimum absolute atomic E-state index is 0.0846. The molecule has 0 aliphatic heterocycles. The van der Waals surface area contributed by atoms with Crippen LogP contribution in [0.25, 0.3) is 11.3 Å². The molecule has 26 heavy (non-hydrogen) atoms. The van der Waals surface area contributed by atoms with Gasteiger partial charge in [-0.2, -0.15) is 5.10 Å². The van der Waals surface area contributed by atoms with Gasteiger partial charge < -0.3 is 10.1 Å². The first-order valence-electron chi connectivity index (χ1n) is 8.71. The monoisotopic (exact) mass is 349 g/mol. The van der Waals surface area contributed by atoms with Gasteiger partial charge >= 0.3 is 0 Å². The number of amides is 1. The van der Waals surface area contributed by atoms with Crippen molar-refractivity contribution in [2.45, 2.75) is 26.4 Å². The first-order valence-corrected chi connectivity index (χ1v) is 8.71. The third-order valence-corrected chi connectivity index (χ3v) is 4.34. The molecule has 3 rings (SSSR count). The van der Waals surface area contributed by atoms with Gasteiger partial charge in [-0.25, -0.2) is 0 Å². The van der Waals surface area contributed by atoms with Crippen molar-refractivity contribution < 1.29 is 9.53 Å². The molecule has 0 unspecified atom stereocenters. The topological polar surface area (TPSA) is 56.2 Å². The van der Waals surface area contributed by atoms with E-state index in [1.54, 1.807) is 11.8 Å². The zero-order chi connectivity index (χ0) is 18.5. The van der Waals surface area contributed by atoms with Crippen LogP contribution in [-0.2, 0) is 6.54 Å². The molecule has 1 heterocycles. The molecule has 0 aliphatic rings. The number of rotatable bonds is 6. The molecule has 1 N–H and O–H groups in total. The largest absolute Gasteiger partial charge is 0.496 e. The van der Waals surface area contributed by atoms with E-state index in [0.717, 1.165) is 22.6 Å². The summed E-state index contributed by atoms with van der Waals surface area (Å²) in [5.74, 6) is 0.592. The summed E-state index contributed by atoms with van der Waals surface area (Å²) in [6, 6.07) is 19.3. The van der Waals surface area contributed by atoms with Crippen LogP contribution in [0.4, 0.5) is 0 Å². The highest BCUT2D eigenvalue weighted by Gasteiger charge is 2.19. The Kier molecular flexibility index (Phi) is 5.37. The van der Waals surface area contributed by atoms with Gasteiger partial charge in [0.15, 0.2) is 0 Å². The lowest BCUT2D eigenvalue weighted by atomic mass is 10.1. The minimum atomic E-state index is -0.142. The number of carbonyl (C=O) groups excluding carboxylic acids is 1. The summed E-state index contributed by atoms with van der Waals surface area (Å²) in [6.45, 7) is 4.55. The fraction of sp³-hybridized carbons (Fsp3) is 0.238. The zero-order valence-electron chi connectivity index (χ0n) is 15.3. The Balaban J connectivity index is 1.88. The Hall–Kier alpha value is -3.08. The molecule has 1 amide bonds. The predicted molar refractivity (Wildman–Crippen MR) is 102 cm³/mol. The van der Waals surface area contributed by atoms with Crippen molar-refractivity contribution in [1.82, 2.24) is 15.1 Å². The van der Waals surface area contributed by atoms with Gasteiger partial charge in [0, 0.05) is 12.1 Å². The zero-order valence-corrected chi connectivity index (χ0v) is 15.3. The van der Waals surface area contributed by atoms with Gasteiger partial charge in [-0.1, -0.05) is 42.5 Å². The van der Waals surface area contributed by atoms with Gasteiger partial charge in [0.1, 0.15) is 11.4 Å². The highest BCUT2D eigenvalue weighted by atomic mass is 16.5. The van der Waals surface area contributed by atoms with Crippen LogP contribution in [0.15, 0.2) is 60.7 Å². The second-order valence-electron chi connectivity index (χ2n) is 6.04. The SMILES string of the molecule is CCn1nc(-c2ccccc2OC)cc1C(=O)N[C@@H](C)c1ccccc1. The highest BCUT2D eigenvalue weighted by molar-refractivity contribution is 5.94. The number of benzene rings is 2. The van der Waals surface area contributed by atoms with Crippen LogP contribution < -0.4 is 10.1 Å². The van der Waals surface area contributed by atoms with Gasteiger partial charge in [0.05, 0.1) is 18.8 Å². The maximum atomic E-state index is 12.8. The number of hydrogen-bond acceptors (Lipinski definition) is 3. The summed E-state index contributed by atoms with van der Waals surface area (Å²) in [5.41, 5.74) is 3.19. The summed E-state index contributed by atoms with van der Waals surface area (Å²) < 4.78 is 7.13. The van der Waals surface area contributed by atoms with E-state index in [-0.39, 0.29) is 11.9 Å². The average molecular weight is 349 g/mol. The predicted octanol–water partition coefficient (Wildman–Crippen LogP) is 4.07. The van der Waals surface area contributed by atoms with Crippen molar-refractivity contribution in [3.8, 4) is 17.0 Å². The van der Waals surface area contributed by atoms with Crippen molar-refractivity contribution in [2.24, 2.45) is 0 Å². The van der Waals surface area contributed by atoms with E-state index < -0.39 is 0 Å². The third-order valence-electron chi connectivity index (χ3n) is 4.34. The Morgan fingerprint density at radius 2 is 1.85 bits per heavy atom. The van der Waals surface area contributed by atoms with Gasteiger partial charge in [-0.15, -0.1) is 0 Å². The number of nitrogens with one attached hydrogen (secondary N) is 1. The van der Waals surface area contributed by atoms with E-state index >= 15 is 0 Å². The summed E-state index contributed by atoms with van der Waals surface area (Å²) in [5, 5.41) is 7.63. The fourth-order valence-electron chi connectivity index (χ4n) is 2.92. The minimum Gasteiger partial charge on any atom is -0.496 e. The van der Waals surface area contributed by atoms with E-state index in [9.17, 15) is 4.79 Å². The Labute approximate surface area is 153 Å². The highest BCUT2D eigenvalue weighted by Crippen LogP contribution is 2.29. The molecule has 0 fully saturated rings. The van der Waals surface area contributed by atoms with Crippen molar-refractivity contribution in [3.63, 3.8) is 0 Å². The van der Waals surface area contributed by atoms with E-state index in [2.05, 4.69) is 10.4 Å². The van der Waals surface area contributed by atoms with Crippen LogP contribution in [0.1, 0.15) is 35.9 Å². The number of aromatic nitrogens is 2. The molecule has 0 radical (unpaired) electrons. The third kappa shape index (κ3) is 3.61. The van der Waals surface area contributed by atoms with Gasteiger partial charge in [0.2, 0.25) is 0 Å². The summed E-state index contributed by atoms with van der Waals surface area (Å²) in [4.78, 5) is 12.8. The summed E-state index contributed by atoms with van der Waals surface area (Å²) in [7, 11) is 1.63. The van der Waals surface area contributed by atoms with Crippen molar-refractivity contribution >= 4 is 5.91 Å². The van der Waals surface area contributed by atoms with Crippen LogP contribution in [0.3, 0.4) is 0 Å². The van der Waals surface area contributed by atoms with E-state index in [1.807, 2.05) is 74.5 Å². The molecule has 0 saturated heterocycles. The number of para-hydroxylation sites is 1. The van der Waals surface area contributed by atoms with Crippen molar-refractivity contribution in [3.05, 3.63) is 71.9 Å². The standard InChI is InChI=1S/C21H23N3O2/c1-4-24-19(21(25)22-15(2)16-10-6-5-7-11-16)14-18(23-24)17-12-8-9-13-20(17)26-3/h5-15H,4H2,1-3H3,(H,22,25)/t15-/m0/s1. The molecule has 5 heteroatoms. The van der Waals surface area contributed by atoms with Gasteiger partial charge in [0.25, 0.3) is 5.91 Å². The number of nitrogens with zero attached hydrogens (tertiary/aromatic N) is 2. The number of aryl methyl sites for hydroxylation is 1. The quantitative estimate of drug-likeness (QED) is 0.730. The first kappa shape index (κ1) is 17.7. The van der Waals surface area contributed by atoms with Crippen molar-refractivity contribution in [1.29, 1.82) is 0 Å². The lowest BCUT2D eigenvalue weighted by Gasteiger charge is -2.14. The Morgan fingerprint density at radius 1 is 1.15 bits per heavy atom. The van der Waals surface area contributed by atoms with Gasteiger partial charge in [-0.3, -0.25) is 9.48 Å². The molecule has 1 atom stereocenters. The number of hydrogen-bond donors (Lipinski definition) is 1. The number of ether oxygens (including phenoxy) is 1. The molecule has 0 bridgehead atoms. The molecule has 134 valence electrons. The summed E-state index contributed by atoms with van der Waals surface area (Å²) >= 11 is 0. The van der Waals surface area contributed by atoms with Crippen LogP contribution in [0.5, 0.6) is 5.75 Å². The molecule has 0 spiro atoms. The number of carbonyl (C=O) groups is 1. The smallest absolute Gasteiger partial charge is 0.270 e. The molecule has 1 aromatic heterocycles. The van der Waals surface area contributed by atoms with Crippen molar-refractivity contribution in [2.75, 3.05) is 7.11 Å². The van der Waals surface area contributed by atoms with E-state index in [0.29, 0.717) is 12.2 Å². The van der Waals surface area contributed by atoms with E-state index in [1.165, 1.54) is 0 Å².